The maximum absolute atomic E-state index is 12.9. The van der Waals surface area contributed by atoms with Crippen molar-refractivity contribution in [1.29, 1.82) is 0 Å². The largest absolute Gasteiger partial charge is 0.342 e. The van der Waals surface area contributed by atoms with Crippen molar-refractivity contribution in [2.75, 3.05) is 13.1 Å². The van der Waals surface area contributed by atoms with Gasteiger partial charge in [-0.1, -0.05) is 77.8 Å². The van der Waals surface area contributed by atoms with Gasteiger partial charge in [0, 0.05) is 41.5 Å². The van der Waals surface area contributed by atoms with E-state index in [9.17, 15) is 14.4 Å². The van der Waals surface area contributed by atoms with Crippen LogP contribution in [0.2, 0.25) is 10.0 Å². The first-order valence-electron chi connectivity index (χ1n) is 13.2. The summed E-state index contributed by atoms with van der Waals surface area (Å²) in [4.78, 5) is 38.9. The predicted molar refractivity (Wildman–Crippen MR) is 153 cm³/mol. The molecule has 1 aliphatic rings. The lowest BCUT2D eigenvalue weighted by Crippen LogP contribution is -2.38. The Balaban J connectivity index is 1.24. The van der Waals surface area contributed by atoms with Crippen LogP contribution in [0.3, 0.4) is 0 Å². The number of nitrogens with zero attached hydrogens (tertiary/aromatic N) is 1. The molecule has 3 aromatic carbocycles. The molecular formula is C32H33Cl2NO3. The number of carbonyl (C=O) groups is 3. The molecule has 0 aromatic heterocycles. The van der Waals surface area contributed by atoms with Crippen LogP contribution in [-0.4, -0.2) is 35.5 Å². The first-order valence-corrected chi connectivity index (χ1v) is 14.0. The van der Waals surface area contributed by atoms with E-state index in [4.69, 9.17) is 23.2 Å². The molecule has 3 aromatic rings. The first kappa shape index (κ1) is 28.1. The van der Waals surface area contributed by atoms with Gasteiger partial charge in [0.15, 0.2) is 5.78 Å². The zero-order chi connectivity index (χ0) is 27.1. The maximum Gasteiger partial charge on any atom is 0.227 e. The number of benzene rings is 3. The van der Waals surface area contributed by atoms with Gasteiger partial charge in [-0.2, -0.15) is 0 Å². The van der Waals surface area contributed by atoms with E-state index in [2.05, 4.69) is 36.4 Å². The fourth-order valence-electron chi connectivity index (χ4n) is 5.06. The summed E-state index contributed by atoms with van der Waals surface area (Å²) in [6, 6.07) is 21.8. The number of aryl methyl sites for hydroxylation is 1. The summed E-state index contributed by atoms with van der Waals surface area (Å²) in [5, 5.41) is 0.696. The van der Waals surface area contributed by atoms with Crippen molar-refractivity contribution < 1.29 is 14.4 Å². The zero-order valence-electron chi connectivity index (χ0n) is 21.7. The third-order valence-corrected chi connectivity index (χ3v) is 8.01. The number of hydrogen-bond acceptors (Lipinski definition) is 3. The van der Waals surface area contributed by atoms with Gasteiger partial charge in [0.25, 0.3) is 0 Å². The van der Waals surface area contributed by atoms with Gasteiger partial charge in [0.05, 0.1) is 6.42 Å². The number of halogens is 2. The van der Waals surface area contributed by atoms with Crippen molar-refractivity contribution in [2.45, 2.75) is 57.8 Å². The van der Waals surface area contributed by atoms with Crippen molar-refractivity contribution in [1.82, 2.24) is 4.90 Å². The van der Waals surface area contributed by atoms with Crippen molar-refractivity contribution in [2.24, 2.45) is 0 Å². The van der Waals surface area contributed by atoms with E-state index in [1.165, 1.54) is 18.1 Å². The smallest absolute Gasteiger partial charge is 0.227 e. The van der Waals surface area contributed by atoms with Crippen molar-refractivity contribution in [3.8, 4) is 0 Å². The van der Waals surface area contributed by atoms with Crippen LogP contribution in [-0.2, 0) is 28.9 Å². The summed E-state index contributed by atoms with van der Waals surface area (Å²) in [6.45, 7) is 2.80. The van der Waals surface area contributed by atoms with Crippen LogP contribution in [0.5, 0.6) is 0 Å². The second-order valence-corrected chi connectivity index (χ2v) is 10.9. The monoisotopic (exact) mass is 549 g/mol. The molecule has 1 aliphatic heterocycles. The third kappa shape index (κ3) is 7.55. The lowest BCUT2D eigenvalue weighted by atomic mass is 9.88. The van der Waals surface area contributed by atoms with Crippen LogP contribution in [0.15, 0.2) is 66.7 Å². The Morgan fingerprint density at radius 2 is 1.47 bits per heavy atom. The Bertz CT molecular complexity index is 1260. The summed E-state index contributed by atoms with van der Waals surface area (Å²) in [5.41, 5.74) is 4.58. The third-order valence-electron chi connectivity index (χ3n) is 7.34. The fourth-order valence-corrected chi connectivity index (χ4v) is 5.68. The van der Waals surface area contributed by atoms with Gasteiger partial charge in [-0.15, -0.1) is 0 Å². The van der Waals surface area contributed by atoms with Crippen molar-refractivity contribution >= 4 is 40.7 Å². The molecule has 4 rings (SSSR count). The molecule has 38 heavy (non-hydrogen) atoms. The number of ketones is 2. The lowest BCUT2D eigenvalue weighted by Gasteiger charge is -2.32. The second kappa shape index (κ2) is 13.2. The van der Waals surface area contributed by atoms with E-state index >= 15 is 0 Å². The molecule has 0 radical (unpaired) electrons. The highest BCUT2D eigenvalue weighted by Gasteiger charge is 2.25. The highest BCUT2D eigenvalue weighted by Crippen LogP contribution is 2.31. The molecule has 198 valence electrons. The molecule has 6 heteroatoms. The minimum atomic E-state index is -0.118. The van der Waals surface area contributed by atoms with E-state index in [0.29, 0.717) is 53.0 Å². The molecule has 0 spiro atoms. The molecule has 4 nitrogen and oxygen atoms in total. The van der Waals surface area contributed by atoms with Gasteiger partial charge >= 0.3 is 0 Å². The SMILES string of the molecule is CC(=O)c1cc(Cl)c(CC(=O)N2CCC(c3ccc(CC(=O)CCCc4ccccc4)cc3)CC2)c(Cl)c1. The van der Waals surface area contributed by atoms with Gasteiger partial charge in [-0.3, -0.25) is 14.4 Å². The fraction of sp³-hybridized carbons (Fsp3) is 0.344. The Labute approximate surface area is 234 Å². The van der Waals surface area contributed by atoms with Crippen molar-refractivity contribution in [3.63, 3.8) is 0 Å². The number of Topliss-reactive ketones (excluding diaryl/α,β-unsaturated/α-hetero) is 2. The summed E-state index contributed by atoms with van der Waals surface area (Å²) >= 11 is 12.7. The standard InChI is InChI=1S/C32H33Cl2NO3/c1-22(36)27-19-30(33)29(31(34)20-27)21-32(38)35-16-14-26(15-17-35)25-12-10-24(11-13-25)18-28(37)9-5-8-23-6-3-2-4-7-23/h2-4,6-7,10-13,19-20,26H,5,8-9,14-18,21H2,1H3. The van der Waals surface area contributed by atoms with E-state index in [1.807, 2.05) is 23.1 Å². The molecule has 1 amide bonds. The van der Waals surface area contributed by atoms with Gasteiger partial charge in [0.2, 0.25) is 5.91 Å². The van der Waals surface area contributed by atoms with Gasteiger partial charge in [-0.25, -0.2) is 0 Å². The van der Waals surface area contributed by atoms with Gasteiger partial charge < -0.3 is 4.90 Å². The molecule has 0 saturated carbocycles. The summed E-state index contributed by atoms with van der Waals surface area (Å²) in [7, 11) is 0. The Morgan fingerprint density at radius 1 is 0.842 bits per heavy atom. The van der Waals surface area contributed by atoms with Crippen LogP contribution in [0.4, 0.5) is 0 Å². The number of piperidine rings is 1. The average Bonchev–Trinajstić information content (AvgIpc) is 2.91. The molecule has 0 bridgehead atoms. The molecule has 0 aliphatic carbocycles. The van der Waals surface area contributed by atoms with Gasteiger partial charge in [-0.05, 0) is 72.9 Å². The Morgan fingerprint density at radius 3 is 2.08 bits per heavy atom. The minimum absolute atomic E-state index is 0.0102. The van der Waals surface area contributed by atoms with Gasteiger partial charge in [0.1, 0.15) is 5.78 Å². The normalized spacial score (nSPS) is 13.9. The Hall–Kier alpha value is -2.95. The average molecular weight is 551 g/mol. The highest BCUT2D eigenvalue weighted by molar-refractivity contribution is 6.36. The van der Waals surface area contributed by atoms with E-state index < -0.39 is 0 Å². The van der Waals surface area contributed by atoms with E-state index in [0.717, 1.165) is 31.2 Å². The first-order chi connectivity index (χ1) is 18.3. The molecule has 1 heterocycles. The summed E-state index contributed by atoms with van der Waals surface area (Å²) < 4.78 is 0. The molecule has 0 atom stereocenters. The minimum Gasteiger partial charge on any atom is -0.342 e. The zero-order valence-corrected chi connectivity index (χ0v) is 23.2. The van der Waals surface area contributed by atoms with E-state index in [1.54, 1.807) is 12.1 Å². The quantitative estimate of drug-likeness (QED) is 0.249. The topological polar surface area (TPSA) is 54.5 Å². The summed E-state index contributed by atoms with van der Waals surface area (Å²) in [6.07, 6.45) is 4.76. The van der Waals surface area contributed by atoms with Crippen LogP contribution < -0.4 is 0 Å². The van der Waals surface area contributed by atoms with E-state index in [-0.39, 0.29) is 23.9 Å². The van der Waals surface area contributed by atoms with Crippen LogP contribution in [0.25, 0.3) is 0 Å². The van der Waals surface area contributed by atoms with Crippen LogP contribution in [0.1, 0.15) is 71.1 Å². The molecular weight excluding hydrogens is 517 g/mol. The summed E-state index contributed by atoms with van der Waals surface area (Å²) in [5.74, 6) is 0.532. The molecule has 0 unspecified atom stereocenters. The molecule has 1 saturated heterocycles. The second-order valence-electron chi connectivity index (χ2n) is 10.1. The van der Waals surface area contributed by atoms with Crippen LogP contribution >= 0.6 is 23.2 Å². The number of hydrogen-bond donors (Lipinski definition) is 0. The number of amides is 1. The molecule has 0 N–H and O–H groups in total. The predicted octanol–water partition coefficient (Wildman–Crippen LogP) is 7.28. The lowest BCUT2D eigenvalue weighted by molar-refractivity contribution is -0.131. The highest BCUT2D eigenvalue weighted by atomic mass is 35.5. The number of carbonyl (C=O) groups excluding carboxylic acids is 3. The number of rotatable bonds is 10. The van der Waals surface area contributed by atoms with Crippen LogP contribution in [0, 0.1) is 0 Å². The Kier molecular flexibility index (Phi) is 9.76. The number of likely N-dealkylation sites (tertiary alicyclic amines) is 1. The van der Waals surface area contributed by atoms with Crippen molar-refractivity contribution in [3.05, 3.63) is 105 Å². The molecule has 1 fully saturated rings. The maximum atomic E-state index is 12.9.